The number of anilines is 2. The van der Waals surface area contributed by atoms with Crippen molar-refractivity contribution in [2.24, 2.45) is 0 Å². The van der Waals surface area contributed by atoms with Crippen LogP contribution >= 0.6 is 0 Å². The number of benzene rings is 3. The van der Waals surface area contributed by atoms with Gasteiger partial charge in [-0.15, -0.1) is 0 Å². The molecule has 4 rings (SSSR count). The number of amides is 2. The maximum atomic E-state index is 12.9. The Labute approximate surface area is 169 Å². The molecule has 29 heavy (non-hydrogen) atoms. The smallest absolute Gasteiger partial charge is 0.335 e. The number of aromatic carboxylic acids is 1. The number of rotatable bonds is 3. The van der Waals surface area contributed by atoms with Gasteiger partial charge in [0.05, 0.1) is 16.9 Å². The van der Waals surface area contributed by atoms with Gasteiger partial charge in [-0.1, -0.05) is 42.5 Å². The van der Waals surface area contributed by atoms with E-state index in [1.165, 1.54) is 0 Å². The van der Waals surface area contributed by atoms with E-state index in [9.17, 15) is 14.7 Å². The summed E-state index contributed by atoms with van der Waals surface area (Å²) >= 11 is 0. The molecule has 2 N–H and O–H groups in total. The monoisotopic (exact) mass is 386 g/mol. The molecule has 0 fully saturated rings. The minimum absolute atomic E-state index is 0.160. The molecular formula is C24H22N2O3. The molecule has 5 heteroatoms. The number of nitrogens with one attached hydrogen (secondary N) is 1. The molecule has 0 radical (unpaired) electrons. The van der Waals surface area contributed by atoms with E-state index in [1.54, 1.807) is 17.0 Å². The zero-order chi connectivity index (χ0) is 20.7. The lowest BCUT2D eigenvalue weighted by atomic mass is 9.91. The number of para-hydroxylation sites is 1. The van der Waals surface area contributed by atoms with Crippen molar-refractivity contribution in [2.45, 2.75) is 27.3 Å². The number of fused-ring (bicyclic) bond motifs is 1. The molecule has 146 valence electrons. The van der Waals surface area contributed by atoms with Crippen LogP contribution in [0.25, 0.3) is 11.1 Å². The van der Waals surface area contributed by atoms with Crippen LogP contribution in [-0.2, 0) is 6.54 Å². The van der Waals surface area contributed by atoms with Crippen molar-refractivity contribution in [2.75, 3.05) is 4.90 Å². The Hall–Kier alpha value is -3.60. The SMILES string of the molecule is Cc1ccccc1-c1cc(C(=O)O)cc2c1CNC(=O)N2c1c(C)cccc1C. The molecule has 1 aliphatic rings. The van der Waals surface area contributed by atoms with Crippen LogP contribution in [-0.4, -0.2) is 17.1 Å². The second-order valence-corrected chi connectivity index (χ2v) is 7.38. The van der Waals surface area contributed by atoms with Gasteiger partial charge in [0.25, 0.3) is 0 Å². The number of hydrogen-bond acceptors (Lipinski definition) is 2. The van der Waals surface area contributed by atoms with Gasteiger partial charge in [0.2, 0.25) is 0 Å². The summed E-state index contributed by atoms with van der Waals surface area (Å²) in [6, 6.07) is 16.8. The number of carbonyl (C=O) groups is 2. The van der Waals surface area contributed by atoms with Crippen molar-refractivity contribution in [3.8, 4) is 11.1 Å². The number of carboxylic acids is 1. The average molecular weight is 386 g/mol. The lowest BCUT2D eigenvalue weighted by molar-refractivity contribution is 0.0697. The second-order valence-electron chi connectivity index (χ2n) is 7.38. The number of hydrogen-bond donors (Lipinski definition) is 2. The van der Waals surface area contributed by atoms with Gasteiger partial charge in [-0.05, 0) is 60.7 Å². The normalized spacial score (nSPS) is 13.1. The molecule has 0 unspecified atom stereocenters. The summed E-state index contributed by atoms with van der Waals surface area (Å²) in [7, 11) is 0. The van der Waals surface area contributed by atoms with E-state index in [4.69, 9.17) is 0 Å². The fourth-order valence-corrected chi connectivity index (χ4v) is 4.01. The molecule has 3 aromatic carbocycles. The Morgan fingerprint density at radius 1 is 0.931 bits per heavy atom. The Balaban J connectivity index is 2.04. The predicted molar refractivity (Wildman–Crippen MR) is 114 cm³/mol. The first-order valence-corrected chi connectivity index (χ1v) is 9.49. The molecule has 0 aliphatic carbocycles. The number of nitrogens with zero attached hydrogens (tertiary/aromatic N) is 1. The minimum Gasteiger partial charge on any atom is -0.478 e. The Bertz CT molecular complexity index is 1130. The van der Waals surface area contributed by atoms with E-state index < -0.39 is 5.97 Å². The molecule has 0 bridgehead atoms. The molecule has 1 aliphatic heterocycles. The molecule has 0 saturated carbocycles. The summed E-state index contributed by atoms with van der Waals surface area (Å²) in [6.07, 6.45) is 0. The van der Waals surface area contributed by atoms with E-state index in [0.29, 0.717) is 12.2 Å². The maximum absolute atomic E-state index is 12.9. The van der Waals surface area contributed by atoms with Gasteiger partial charge in [-0.3, -0.25) is 4.90 Å². The molecule has 0 spiro atoms. The van der Waals surface area contributed by atoms with Crippen LogP contribution in [0.2, 0.25) is 0 Å². The summed E-state index contributed by atoms with van der Waals surface area (Å²) < 4.78 is 0. The molecular weight excluding hydrogens is 364 g/mol. The Morgan fingerprint density at radius 3 is 2.24 bits per heavy atom. The lowest BCUT2D eigenvalue weighted by Gasteiger charge is -2.34. The number of carbonyl (C=O) groups excluding carboxylic acids is 1. The van der Waals surface area contributed by atoms with Gasteiger partial charge in [0.1, 0.15) is 0 Å². The van der Waals surface area contributed by atoms with Crippen molar-refractivity contribution in [3.05, 3.63) is 82.4 Å². The van der Waals surface area contributed by atoms with Gasteiger partial charge in [-0.2, -0.15) is 0 Å². The lowest BCUT2D eigenvalue weighted by Crippen LogP contribution is -2.42. The minimum atomic E-state index is -1.02. The van der Waals surface area contributed by atoms with Crippen LogP contribution in [0, 0.1) is 20.8 Å². The molecule has 2 amide bonds. The molecule has 3 aromatic rings. The van der Waals surface area contributed by atoms with Crippen LogP contribution in [0.15, 0.2) is 54.6 Å². The van der Waals surface area contributed by atoms with Gasteiger partial charge in [0.15, 0.2) is 0 Å². The van der Waals surface area contributed by atoms with Crippen molar-refractivity contribution in [1.82, 2.24) is 5.32 Å². The van der Waals surface area contributed by atoms with Crippen molar-refractivity contribution in [1.29, 1.82) is 0 Å². The first kappa shape index (κ1) is 18.7. The highest BCUT2D eigenvalue weighted by Gasteiger charge is 2.31. The average Bonchev–Trinajstić information content (AvgIpc) is 2.69. The van der Waals surface area contributed by atoms with Gasteiger partial charge < -0.3 is 10.4 Å². The highest BCUT2D eigenvalue weighted by Crippen LogP contribution is 2.41. The third-order valence-electron chi connectivity index (χ3n) is 5.43. The van der Waals surface area contributed by atoms with Gasteiger partial charge in [0, 0.05) is 12.1 Å². The number of urea groups is 1. The van der Waals surface area contributed by atoms with Gasteiger partial charge >= 0.3 is 12.0 Å². The van der Waals surface area contributed by atoms with Crippen LogP contribution in [0.1, 0.15) is 32.6 Å². The third kappa shape index (κ3) is 3.14. The topological polar surface area (TPSA) is 69.6 Å². The second kappa shape index (κ2) is 7.09. The van der Waals surface area contributed by atoms with Crippen molar-refractivity contribution >= 4 is 23.4 Å². The van der Waals surface area contributed by atoms with E-state index in [-0.39, 0.29) is 11.6 Å². The first-order chi connectivity index (χ1) is 13.9. The van der Waals surface area contributed by atoms with Crippen LogP contribution in [0.5, 0.6) is 0 Å². The van der Waals surface area contributed by atoms with E-state index in [1.807, 2.05) is 63.2 Å². The summed E-state index contributed by atoms with van der Waals surface area (Å²) in [5.74, 6) is -1.02. The molecule has 1 heterocycles. The zero-order valence-corrected chi connectivity index (χ0v) is 16.6. The van der Waals surface area contributed by atoms with Crippen molar-refractivity contribution < 1.29 is 14.7 Å². The molecule has 0 saturated heterocycles. The Morgan fingerprint density at radius 2 is 1.59 bits per heavy atom. The van der Waals surface area contributed by atoms with E-state index in [2.05, 4.69) is 5.32 Å². The number of aryl methyl sites for hydroxylation is 3. The Kier molecular flexibility index (Phi) is 4.59. The molecule has 0 atom stereocenters. The predicted octanol–water partition coefficient (Wildman–Crippen LogP) is 5.34. The molecule has 5 nitrogen and oxygen atoms in total. The fraction of sp³-hybridized carbons (Fsp3) is 0.167. The van der Waals surface area contributed by atoms with Crippen LogP contribution in [0.3, 0.4) is 0 Å². The standard InChI is InChI=1S/C24H22N2O3/c1-14-7-4-5-10-18(14)19-11-17(23(27)28)12-21-20(19)13-25-24(29)26(21)22-15(2)8-6-9-16(22)3/h4-12H,13H2,1-3H3,(H,25,29)(H,27,28). The highest BCUT2D eigenvalue weighted by molar-refractivity contribution is 6.06. The third-order valence-corrected chi connectivity index (χ3v) is 5.43. The van der Waals surface area contributed by atoms with E-state index >= 15 is 0 Å². The zero-order valence-electron chi connectivity index (χ0n) is 16.6. The summed E-state index contributed by atoms with van der Waals surface area (Å²) in [5.41, 5.74) is 7.21. The first-order valence-electron chi connectivity index (χ1n) is 9.49. The van der Waals surface area contributed by atoms with Crippen molar-refractivity contribution in [3.63, 3.8) is 0 Å². The molecule has 0 aromatic heterocycles. The largest absolute Gasteiger partial charge is 0.478 e. The van der Waals surface area contributed by atoms with Crippen LogP contribution in [0.4, 0.5) is 16.2 Å². The maximum Gasteiger partial charge on any atom is 0.335 e. The van der Waals surface area contributed by atoms with Gasteiger partial charge in [-0.25, -0.2) is 9.59 Å². The highest BCUT2D eigenvalue weighted by atomic mass is 16.4. The van der Waals surface area contributed by atoms with E-state index in [0.717, 1.165) is 39.1 Å². The summed E-state index contributed by atoms with van der Waals surface area (Å²) in [4.78, 5) is 26.4. The number of carboxylic acid groups (broad SMARTS) is 1. The fourth-order valence-electron chi connectivity index (χ4n) is 4.01. The summed E-state index contributed by atoms with van der Waals surface area (Å²) in [5, 5.41) is 12.7. The van der Waals surface area contributed by atoms with Crippen LogP contribution < -0.4 is 10.2 Å². The summed E-state index contributed by atoms with van der Waals surface area (Å²) in [6.45, 7) is 6.25. The quantitative estimate of drug-likeness (QED) is 0.638.